The molecule has 4 heteroatoms. The van der Waals surface area contributed by atoms with Crippen LogP contribution in [0.2, 0.25) is 0 Å². The predicted octanol–water partition coefficient (Wildman–Crippen LogP) is 7.88. The van der Waals surface area contributed by atoms with Gasteiger partial charge in [0.25, 0.3) is 0 Å². The summed E-state index contributed by atoms with van der Waals surface area (Å²) in [6.07, 6.45) is 16.1. The zero-order valence-corrected chi connectivity index (χ0v) is 20.9. The summed E-state index contributed by atoms with van der Waals surface area (Å²) in [4.78, 5) is 0. The van der Waals surface area contributed by atoms with Gasteiger partial charge in [-0.05, 0) is 36.2 Å². The molecule has 2 aromatic rings. The molecule has 0 aliphatic carbocycles. The molecule has 0 aliphatic rings. The molecule has 2 aromatic carbocycles. The Balaban J connectivity index is 1.65. The normalized spacial score (nSPS) is 10.9. The highest BCUT2D eigenvalue weighted by atomic mass is 16.5. The van der Waals surface area contributed by atoms with Gasteiger partial charge >= 0.3 is 0 Å². The summed E-state index contributed by atoms with van der Waals surface area (Å²) < 4.78 is 11.5. The van der Waals surface area contributed by atoms with Gasteiger partial charge in [-0.2, -0.15) is 0 Å². The summed E-state index contributed by atoms with van der Waals surface area (Å²) >= 11 is 0. The Hall–Kier alpha value is -2.20. The van der Waals surface area contributed by atoms with Gasteiger partial charge in [0.2, 0.25) is 0 Å². The average Bonchev–Trinajstić information content (AvgIpc) is 2.86. The lowest BCUT2D eigenvalue weighted by Gasteiger charge is -2.15. The third kappa shape index (κ3) is 11.5. The first-order valence-corrected chi connectivity index (χ1v) is 13.0. The predicted molar refractivity (Wildman–Crippen MR) is 139 cm³/mol. The Morgan fingerprint density at radius 3 is 2.09 bits per heavy atom. The number of anilines is 1. The van der Waals surface area contributed by atoms with Gasteiger partial charge in [0.15, 0.2) is 0 Å². The van der Waals surface area contributed by atoms with E-state index >= 15 is 0 Å². The maximum atomic E-state index is 9.34. The smallest absolute Gasteiger partial charge is 0.127 e. The number of benzene rings is 2. The molecule has 4 nitrogen and oxygen atoms in total. The molecule has 0 spiro atoms. The SMILES string of the molecule is CCCCCCCCCCCCCCOc1cc(OC)ccc1CNc1cccc(CO)c1. The molecule has 0 radical (unpaired) electrons. The van der Waals surface area contributed by atoms with E-state index < -0.39 is 0 Å². The van der Waals surface area contributed by atoms with Gasteiger partial charge in [0.05, 0.1) is 20.3 Å². The minimum atomic E-state index is 0.0471. The van der Waals surface area contributed by atoms with Crippen LogP contribution in [-0.2, 0) is 13.2 Å². The van der Waals surface area contributed by atoms with Gasteiger partial charge in [-0.15, -0.1) is 0 Å². The van der Waals surface area contributed by atoms with Crippen molar-refractivity contribution in [1.82, 2.24) is 0 Å². The average molecular weight is 456 g/mol. The summed E-state index contributed by atoms with van der Waals surface area (Å²) in [5.74, 6) is 1.69. The number of nitrogens with one attached hydrogen (secondary N) is 1. The van der Waals surface area contributed by atoms with Gasteiger partial charge in [-0.25, -0.2) is 0 Å². The molecule has 0 heterocycles. The standard InChI is InChI=1S/C29H45NO3/c1-3-4-5-6-7-8-9-10-11-12-13-14-20-33-29-22-28(32-2)19-18-26(29)23-30-27-17-15-16-25(21-27)24-31/h15-19,21-22,30-31H,3-14,20,23-24H2,1-2H3. The van der Waals surface area contributed by atoms with Crippen LogP contribution in [0.25, 0.3) is 0 Å². The van der Waals surface area contributed by atoms with E-state index in [0.717, 1.165) is 41.3 Å². The third-order valence-electron chi connectivity index (χ3n) is 6.12. The fourth-order valence-electron chi connectivity index (χ4n) is 4.04. The first-order valence-electron chi connectivity index (χ1n) is 13.0. The van der Waals surface area contributed by atoms with Gasteiger partial charge in [0.1, 0.15) is 11.5 Å². The van der Waals surface area contributed by atoms with E-state index in [-0.39, 0.29) is 6.61 Å². The lowest BCUT2D eigenvalue weighted by atomic mass is 10.1. The lowest BCUT2D eigenvalue weighted by molar-refractivity contribution is 0.282. The first-order chi connectivity index (χ1) is 16.3. The van der Waals surface area contributed by atoms with Crippen molar-refractivity contribution in [2.45, 2.75) is 97.1 Å². The van der Waals surface area contributed by atoms with Crippen LogP contribution in [0, 0.1) is 0 Å². The molecular weight excluding hydrogens is 410 g/mol. The second-order valence-electron chi connectivity index (χ2n) is 8.92. The van der Waals surface area contributed by atoms with E-state index in [0.29, 0.717) is 6.54 Å². The molecule has 0 amide bonds. The maximum Gasteiger partial charge on any atom is 0.127 e. The molecule has 0 saturated heterocycles. The van der Waals surface area contributed by atoms with Crippen LogP contribution in [0.5, 0.6) is 11.5 Å². The van der Waals surface area contributed by atoms with Gasteiger partial charge < -0.3 is 19.9 Å². The molecule has 2 rings (SSSR count). The van der Waals surface area contributed by atoms with E-state index in [4.69, 9.17) is 9.47 Å². The number of hydrogen-bond donors (Lipinski definition) is 2. The molecule has 0 bridgehead atoms. The highest BCUT2D eigenvalue weighted by Crippen LogP contribution is 2.26. The quantitative estimate of drug-likeness (QED) is 0.212. The Bertz CT molecular complexity index is 762. The van der Waals surface area contributed by atoms with E-state index in [1.165, 1.54) is 70.6 Å². The summed E-state index contributed by atoms with van der Waals surface area (Å²) in [5.41, 5.74) is 2.99. The molecule has 0 fully saturated rings. The lowest BCUT2D eigenvalue weighted by Crippen LogP contribution is -2.05. The molecule has 2 N–H and O–H groups in total. The van der Waals surface area contributed by atoms with Gasteiger partial charge in [-0.3, -0.25) is 0 Å². The second kappa shape index (κ2) is 17.3. The van der Waals surface area contributed by atoms with Crippen LogP contribution in [0.4, 0.5) is 5.69 Å². The first kappa shape index (κ1) is 27.0. The highest BCUT2D eigenvalue weighted by molar-refractivity contribution is 5.48. The third-order valence-corrected chi connectivity index (χ3v) is 6.12. The number of unbranched alkanes of at least 4 members (excludes halogenated alkanes) is 11. The van der Waals surface area contributed by atoms with Crippen LogP contribution in [0.1, 0.15) is 95.1 Å². The minimum Gasteiger partial charge on any atom is -0.497 e. The maximum absolute atomic E-state index is 9.34. The number of aliphatic hydroxyl groups is 1. The van der Waals surface area contributed by atoms with Crippen LogP contribution in [-0.4, -0.2) is 18.8 Å². The topological polar surface area (TPSA) is 50.7 Å². The van der Waals surface area contributed by atoms with E-state index in [2.05, 4.69) is 18.3 Å². The fourth-order valence-corrected chi connectivity index (χ4v) is 4.04. The molecule has 0 atom stereocenters. The van der Waals surface area contributed by atoms with E-state index in [1.807, 2.05) is 36.4 Å². The zero-order valence-electron chi connectivity index (χ0n) is 20.9. The monoisotopic (exact) mass is 455 g/mol. The van der Waals surface area contributed by atoms with Crippen molar-refractivity contribution in [3.05, 3.63) is 53.6 Å². The Morgan fingerprint density at radius 1 is 0.788 bits per heavy atom. The molecule has 0 saturated carbocycles. The molecule has 0 aromatic heterocycles. The summed E-state index contributed by atoms with van der Waals surface area (Å²) in [6.45, 7) is 3.72. The van der Waals surface area contributed by atoms with Crippen molar-refractivity contribution in [2.75, 3.05) is 19.0 Å². The largest absolute Gasteiger partial charge is 0.497 e. The number of rotatable bonds is 19. The van der Waals surface area contributed by atoms with Crippen LogP contribution >= 0.6 is 0 Å². The number of hydrogen-bond acceptors (Lipinski definition) is 4. The zero-order chi connectivity index (χ0) is 23.6. The minimum absolute atomic E-state index is 0.0471. The van der Waals surface area contributed by atoms with Gasteiger partial charge in [0, 0.05) is 23.9 Å². The molecule has 184 valence electrons. The fraction of sp³-hybridized carbons (Fsp3) is 0.586. The van der Waals surface area contributed by atoms with Crippen molar-refractivity contribution < 1.29 is 14.6 Å². The van der Waals surface area contributed by atoms with Crippen molar-refractivity contribution >= 4 is 5.69 Å². The number of ether oxygens (including phenoxy) is 2. The van der Waals surface area contributed by atoms with Crippen molar-refractivity contribution in [2.24, 2.45) is 0 Å². The van der Waals surface area contributed by atoms with Crippen molar-refractivity contribution in [3.8, 4) is 11.5 Å². The molecular formula is C29H45NO3. The van der Waals surface area contributed by atoms with E-state index in [1.54, 1.807) is 7.11 Å². The summed E-state index contributed by atoms with van der Waals surface area (Å²) in [5, 5.41) is 12.8. The second-order valence-corrected chi connectivity index (χ2v) is 8.92. The van der Waals surface area contributed by atoms with Crippen LogP contribution in [0.3, 0.4) is 0 Å². The Morgan fingerprint density at radius 2 is 1.45 bits per heavy atom. The summed E-state index contributed by atoms with van der Waals surface area (Å²) in [7, 11) is 1.68. The van der Waals surface area contributed by atoms with E-state index in [9.17, 15) is 5.11 Å². The van der Waals surface area contributed by atoms with Crippen LogP contribution < -0.4 is 14.8 Å². The molecule has 33 heavy (non-hydrogen) atoms. The van der Waals surface area contributed by atoms with Crippen molar-refractivity contribution in [1.29, 1.82) is 0 Å². The summed E-state index contributed by atoms with van der Waals surface area (Å²) in [6, 6.07) is 13.8. The highest BCUT2D eigenvalue weighted by Gasteiger charge is 2.07. The molecule has 0 aliphatic heterocycles. The number of methoxy groups -OCH3 is 1. The van der Waals surface area contributed by atoms with Gasteiger partial charge in [-0.1, -0.05) is 89.7 Å². The van der Waals surface area contributed by atoms with Crippen LogP contribution in [0.15, 0.2) is 42.5 Å². The molecule has 0 unspecified atom stereocenters. The Labute approximate surface area is 201 Å². The number of aliphatic hydroxyl groups excluding tert-OH is 1. The Kier molecular flexibility index (Phi) is 14.2. The van der Waals surface area contributed by atoms with Crippen molar-refractivity contribution in [3.63, 3.8) is 0 Å².